The second kappa shape index (κ2) is 10.3. The van der Waals surface area contributed by atoms with E-state index < -0.39 is 23.8 Å². The van der Waals surface area contributed by atoms with Gasteiger partial charge >= 0.3 is 11.9 Å². The van der Waals surface area contributed by atoms with E-state index in [2.05, 4.69) is 0 Å². The largest absolute Gasteiger partial charge is 0.465 e. The Hall–Kier alpha value is -2.95. The Morgan fingerprint density at radius 3 is 1.74 bits per heavy atom. The minimum absolute atomic E-state index is 0.00365. The van der Waals surface area contributed by atoms with Crippen LogP contribution in [-0.4, -0.2) is 30.9 Å². The number of benzene rings is 2. The standard InChI is InChI=1S/C22H24O5/c1-3-26-21(24)20(22(25)27-4-2)18(16-11-7-5-8-12-16)15-19(23)17-13-9-6-10-14-17/h5-14,18,20H,3-4,15H2,1-2H3/t18-/m0/s1. The van der Waals surface area contributed by atoms with Gasteiger partial charge in [0.1, 0.15) is 0 Å². The van der Waals surface area contributed by atoms with Crippen molar-refractivity contribution >= 4 is 17.7 Å². The minimum Gasteiger partial charge on any atom is -0.465 e. The summed E-state index contributed by atoms with van der Waals surface area (Å²) in [5.41, 5.74) is 1.25. The summed E-state index contributed by atoms with van der Waals surface area (Å²) in [5.74, 6) is -3.36. The van der Waals surface area contributed by atoms with Gasteiger partial charge in [0.05, 0.1) is 13.2 Å². The summed E-state index contributed by atoms with van der Waals surface area (Å²) in [5, 5.41) is 0. The minimum atomic E-state index is -1.19. The molecule has 2 rings (SSSR count). The third-order valence-corrected chi connectivity index (χ3v) is 4.21. The smallest absolute Gasteiger partial charge is 0.320 e. The average molecular weight is 368 g/mol. The summed E-state index contributed by atoms with van der Waals surface area (Å²) in [7, 11) is 0. The lowest BCUT2D eigenvalue weighted by atomic mass is 9.81. The Labute approximate surface area is 159 Å². The zero-order valence-electron chi connectivity index (χ0n) is 15.6. The molecule has 0 radical (unpaired) electrons. The third-order valence-electron chi connectivity index (χ3n) is 4.21. The second-order valence-corrected chi connectivity index (χ2v) is 5.99. The summed E-state index contributed by atoms with van der Waals surface area (Å²) in [4.78, 5) is 37.9. The van der Waals surface area contributed by atoms with Crippen molar-refractivity contribution in [3.63, 3.8) is 0 Å². The van der Waals surface area contributed by atoms with E-state index in [0.717, 1.165) is 0 Å². The van der Waals surface area contributed by atoms with Crippen LogP contribution in [-0.2, 0) is 19.1 Å². The summed E-state index contributed by atoms with van der Waals surface area (Å²) in [6.07, 6.45) is -0.00365. The van der Waals surface area contributed by atoms with Crippen molar-refractivity contribution < 1.29 is 23.9 Å². The number of ether oxygens (including phenoxy) is 2. The van der Waals surface area contributed by atoms with Gasteiger partial charge in [-0.2, -0.15) is 0 Å². The van der Waals surface area contributed by atoms with Gasteiger partial charge in [0, 0.05) is 17.9 Å². The maximum absolute atomic E-state index is 12.8. The van der Waals surface area contributed by atoms with Gasteiger partial charge in [-0.3, -0.25) is 14.4 Å². The third kappa shape index (κ3) is 5.51. The summed E-state index contributed by atoms with van der Waals surface area (Å²) in [6, 6.07) is 17.9. The Balaban J connectivity index is 2.40. The topological polar surface area (TPSA) is 69.7 Å². The van der Waals surface area contributed by atoms with Crippen molar-refractivity contribution in [2.24, 2.45) is 5.92 Å². The molecule has 1 atom stereocenters. The number of rotatable bonds is 9. The lowest BCUT2D eigenvalue weighted by Gasteiger charge is -2.24. The molecule has 0 saturated carbocycles. The van der Waals surface area contributed by atoms with E-state index in [1.807, 2.05) is 24.3 Å². The van der Waals surface area contributed by atoms with Crippen molar-refractivity contribution in [1.82, 2.24) is 0 Å². The predicted molar refractivity (Wildman–Crippen MR) is 101 cm³/mol. The van der Waals surface area contributed by atoms with E-state index in [0.29, 0.717) is 11.1 Å². The summed E-state index contributed by atoms with van der Waals surface area (Å²) >= 11 is 0. The Bertz CT molecular complexity index is 737. The highest BCUT2D eigenvalue weighted by atomic mass is 16.6. The zero-order chi connectivity index (χ0) is 19.6. The maximum atomic E-state index is 12.8. The predicted octanol–water partition coefficient (Wildman–Crippen LogP) is 3.79. The first-order valence-electron chi connectivity index (χ1n) is 9.04. The maximum Gasteiger partial charge on any atom is 0.320 e. The first-order valence-corrected chi connectivity index (χ1v) is 9.04. The van der Waals surface area contributed by atoms with Crippen molar-refractivity contribution in [3.05, 3.63) is 71.8 Å². The highest BCUT2D eigenvalue weighted by Gasteiger charge is 2.39. The monoisotopic (exact) mass is 368 g/mol. The van der Waals surface area contributed by atoms with Crippen LogP contribution in [0.25, 0.3) is 0 Å². The fourth-order valence-electron chi connectivity index (χ4n) is 2.96. The SMILES string of the molecule is CCOC(=O)C(C(=O)OCC)[C@@H](CC(=O)c1ccccc1)c1ccccc1. The van der Waals surface area contributed by atoms with Gasteiger partial charge in [-0.05, 0) is 19.4 Å². The van der Waals surface area contributed by atoms with Crippen molar-refractivity contribution in [2.75, 3.05) is 13.2 Å². The molecule has 5 nitrogen and oxygen atoms in total. The number of ketones is 1. The molecule has 0 amide bonds. The van der Waals surface area contributed by atoms with E-state index in [1.54, 1.807) is 50.2 Å². The molecule has 142 valence electrons. The van der Waals surface area contributed by atoms with Gasteiger partial charge < -0.3 is 9.47 Å². The van der Waals surface area contributed by atoms with Crippen LogP contribution >= 0.6 is 0 Å². The van der Waals surface area contributed by atoms with Crippen LogP contribution in [0.15, 0.2) is 60.7 Å². The van der Waals surface area contributed by atoms with E-state index >= 15 is 0 Å². The van der Waals surface area contributed by atoms with E-state index in [9.17, 15) is 14.4 Å². The Morgan fingerprint density at radius 2 is 1.26 bits per heavy atom. The van der Waals surface area contributed by atoms with Crippen LogP contribution in [0, 0.1) is 5.92 Å². The molecule has 0 unspecified atom stereocenters. The summed E-state index contributed by atoms with van der Waals surface area (Å²) in [6.45, 7) is 3.63. The van der Waals surface area contributed by atoms with Crippen LogP contribution in [0.4, 0.5) is 0 Å². The molecular weight excluding hydrogens is 344 g/mol. The quantitative estimate of drug-likeness (QED) is 0.383. The van der Waals surface area contributed by atoms with Crippen LogP contribution in [0.1, 0.15) is 42.1 Å². The molecule has 0 aromatic heterocycles. The number of Topliss-reactive ketones (excluding diaryl/α,β-unsaturated/α-hetero) is 1. The highest BCUT2D eigenvalue weighted by Crippen LogP contribution is 2.32. The van der Waals surface area contributed by atoms with Crippen molar-refractivity contribution in [2.45, 2.75) is 26.2 Å². The average Bonchev–Trinajstić information content (AvgIpc) is 2.69. The fourth-order valence-corrected chi connectivity index (χ4v) is 2.96. The van der Waals surface area contributed by atoms with Crippen LogP contribution in [0.2, 0.25) is 0 Å². The van der Waals surface area contributed by atoms with Gasteiger partial charge in [0.2, 0.25) is 0 Å². The lowest BCUT2D eigenvalue weighted by Crippen LogP contribution is -2.34. The van der Waals surface area contributed by atoms with Gasteiger partial charge in [-0.1, -0.05) is 60.7 Å². The molecule has 5 heteroatoms. The number of carbonyl (C=O) groups is 3. The van der Waals surface area contributed by atoms with E-state index in [4.69, 9.17) is 9.47 Å². The summed E-state index contributed by atoms with van der Waals surface area (Å²) < 4.78 is 10.2. The fraction of sp³-hybridized carbons (Fsp3) is 0.318. The molecule has 0 N–H and O–H groups in total. The molecule has 0 aliphatic carbocycles. The number of hydrogen-bond acceptors (Lipinski definition) is 5. The second-order valence-electron chi connectivity index (χ2n) is 5.99. The van der Waals surface area contributed by atoms with Gasteiger partial charge in [0.15, 0.2) is 11.7 Å². The molecule has 0 heterocycles. The molecular formula is C22H24O5. The number of carbonyl (C=O) groups excluding carboxylic acids is 3. The molecule has 2 aromatic rings. The lowest BCUT2D eigenvalue weighted by molar-refractivity contribution is -0.162. The van der Waals surface area contributed by atoms with Crippen LogP contribution in [0.3, 0.4) is 0 Å². The van der Waals surface area contributed by atoms with Crippen molar-refractivity contribution in [3.8, 4) is 0 Å². The highest BCUT2D eigenvalue weighted by molar-refractivity contribution is 6.00. The molecule has 0 saturated heterocycles. The first-order chi connectivity index (χ1) is 13.1. The Morgan fingerprint density at radius 1 is 0.778 bits per heavy atom. The van der Waals surface area contributed by atoms with Gasteiger partial charge in [-0.25, -0.2) is 0 Å². The van der Waals surface area contributed by atoms with E-state index in [1.165, 1.54) is 0 Å². The molecule has 0 bridgehead atoms. The molecule has 0 fully saturated rings. The normalized spacial score (nSPS) is 11.7. The van der Waals surface area contributed by atoms with Crippen LogP contribution < -0.4 is 0 Å². The number of esters is 2. The molecule has 27 heavy (non-hydrogen) atoms. The van der Waals surface area contributed by atoms with Gasteiger partial charge in [-0.15, -0.1) is 0 Å². The molecule has 0 aliphatic heterocycles. The van der Waals surface area contributed by atoms with Crippen LogP contribution in [0.5, 0.6) is 0 Å². The zero-order valence-corrected chi connectivity index (χ0v) is 15.6. The molecule has 0 aliphatic rings. The molecule has 0 spiro atoms. The van der Waals surface area contributed by atoms with E-state index in [-0.39, 0.29) is 25.4 Å². The van der Waals surface area contributed by atoms with Gasteiger partial charge in [0.25, 0.3) is 0 Å². The first kappa shape index (κ1) is 20.4. The number of hydrogen-bond donors (Lipinski definition) is 0. The van der Waals surface area contributed by atoms with Crippen molar-refractivity contribution in [1.29, 1.82) is 0 Å². The Kier molecular flexibility index (Phi) is 7.74. The molecule has 2 aromatic carbocycles.